The fraction of sp³-hybridized carbons (Fsp3) is 0.571. The van der Waals surface area contributed by atoms with Crippen LogP contribution in [-0.2, 0) is 15.3 Å². The normalized spacial score (nSPS) is 25.5. The molecule has 2 unspecified atom stereocenters. The van der Waals surface area contributed by atoms with Crippen LogP contribution in [0.15, 0.2) is 30.3 Å². The fourth-order valence-corrected chi connectivity index (χ4v) is 5.32. The van der Waals surface area contributed by atoms with Gasteiger partial charge < -0.3 is 10.2 Å². The van der Waals surface area contributed by atoms with Gasteiger partial charge in [-0.2, -0.15) is 0 Å². The highest BCUT2D eigenvalue weighted by Gasteiger charge is 2.45. The molecule has 0 aromatic heterocycles. The van der Waals surface area contributed by atoms with Gasteiger partial charge in [0.15, 0.2) is 0 Å². The Labute approximate surface area is 175 Å². The molecule has 4 rings (SSSR count). The molecule has 0 saturated carbocycles. The minimum Gasteiger partial charge on any atom is -0.342 e. The Hall–Kier alpha value is -2.06. The van der Waals surface area contributed by atoms with Crippen molar-refractivity contribution >= 4 is 29.6 Å². The Morgan fingerprint density at radius 1 is 1.10 bits per heavy atom. The molecule has 0 radical (unpaired) electrons. The van der Waals surface area contributed by atoms with Crippen LogP contribution >= 0.6 is 11.8 Å². The third kappa shape index (κ3) is 4.59. The maximum Gasteiger partial charge on any atom is 0.325 e. The van der Waals surface area contributed by atoms with Gasteiger partial charge >= 0.3 is 6.03 Å². The molecule has 2 atom stereocenters. The molecule has 0 aliphatic carbocycles. The van der Waals surface area contributed by atoms with E-state index in [1.165, 1.54) is 10.5 Å². The van der Waals surface area contributed by atoms with Gasteiger partial charge in [-0.25, -0.2) is 4.79 Å². The van der Waals surface area contributed by atoms with Gasteiger partial charge in [0.05, 0.1) is 17.8 Å². The van der Waals surface area contributed by atoms with E-state index in [9.17, 15) is 14.4 Å². The summed E-state index contributed by atoms with van der Waals surface area (Å²) < 4.78 is 0. The number of thioether (sulfide) groups is 1. The van der Waals surface area contributed by atoms with E-state index in [1.54, 1.807) is 11.8 Å². The first-order valence-electron chi connectivity index (χ1n) is 10.4. The first kappa shape index (κ1) is 20.2. The number of nitrogens with one attached hydrogen (secondary N) is 2. The summed E-state index contributed by atoms with van der Waals surface area (Å²) in [5, 5.41) is 6.17. The third-order valence-electron chi connectivity index (χ3n) is 6.03. The van der Waals surface area contributed by atoms with Crippen LogP contribution in [0.25, 0.3) is 0 Å². The Morgan fingerprint density at radius 2 is 1.86 bits per heavy atom. The van der Waals surface area contributed by atoms with E-state index in [0.29, 0.717) is 31.7 Å². The quantitative estimate of drug-likeness (QED) is 0.765. The van der Waals surface area contributed by atoms with Gasteiger partial charge in [0.25, 0.3) is 0 Å². The minimum absolute atomic E-state index is 0.0610. The second-order valence-corrected chi connectivity index (χ2v) is 8.91. The Morgan fingerprint density at radius 3 is 2.62 bits per heavy atom. The van der Waals surface area contributed by atoms with Gasteiger partial charge in [-0.3, -0.25) is 19.8 Å². The molecule has 0 bridgehead atoms. The van der Waals surface area contributed by atoms with Crippen molar-refractivity contribution < 1.29 is 14.4 Å². The van der Waals surface area contributed by atoms with E-state index in [2.05, 4.69) is 22.8 Å². The molecule has 0 spiro atoms. The van der Waals surface area contributed by atoms with Gasteiger partial charge in [0, 0.05) is 24.9 Å². The predicted molar refractivity (Wildman–Crippen MR) is 112 cm³/mol. The van der Waals surface area contributed by atoms with Gasteiger partial charge in [0.2, 0.25) is 11.8 Å². The van der Waals surface area contributed by atoms with Crippen LogP contribution in [0.2, 0.25) is 0 Å². The summed E-state index contributed by atoms with van der Waals surface area (Å²) in [6.07, 6.45) is 2.83. The molecule has 3 aliphatic heterocycles. The van der Waals surface area contributed by atoms with Crippen LogP contribution in [0, 0.1) is 5.92 Å². The number of rotatable bonds is 5. The lowest BCUT2D eigenvalue weighted by Crippen LogP contribution is -2.68. The summed E-state index contributed by atoms with van der Waals surface area (Å²) in [7, 11) is 0. The van der Waals surface area contributed by atoms with Crippen molar-refractivity contribution in [3.8, 4) is 0 Å². The number of carbonyl (C=O) groups is 3. The van der Waals surface area contributed by atoms with Crippen LogP contribution < -0.4 is 10.6 Å². The second kappa shape index (κ2) is 9.17. The smallest absolute Gasteiger partial charge is 0.325 e. The van der Waals surface area contributed by atoms with Crippen LogP contribution in [0.3, 0.4) is 0 Å². The lowest BCUT2D eigenvalue weighted by atomic mass is 9.91. The molecule has 7 nitrogen and oxygen atoms in total. The highest BCUT2D eigenvalue weighted by atomic mass is 32.2. The number of urea groups is 1. The summed E-state index contributed by atoms with van der Waals surface area (Å²) in [5.41, 5.74) is 1.22. The van der Waals surface area contributed by atoms with Gasteiger partial charge in [-0.1, -0.05) is 30.3 Å². The third-order valence-corrected chi connectivity index (χ3v) is 7.02. The van der Waals surface area contributed by atoms with Crippen LogP contribution in [0.4, 0.5) is 4.79 Å². The van der Waals surface area contributed by atoms with Crippen molar-refractivity contribution in [3.05, 3.63) is 35.9 Å². The monoisotopic (exact) mass is 416 g/mol. The second-order valence-electron chi connectivity index (χ2n) is 7.93. The van der Waals surface area contributed by atoms with E-state index in [-0.39, 0.29) is 36.0 Å². The molecule has 2 N–H and O–H groups in total. The maximum absolute atomic E-state index is 12.9. The van der Waals surface area contributed by atoms with Crippen LogP contribution in [-0.4, -0.2) is 65.2 Å². The number of piperidine rings is 2. The number of hydrogen-bond donors (Lipinski definition) is 2. The number of amides is 4. The number of carbonyl (C=O) groups excluding carboxylic acids is 3. The molecule has 1 aromatic rings. The van der Waals surface area contributed by atoms with E-state index in [1.807, 2.05) is 23.1 Å². The molecule has 8 heteroatoms. The van der Waals surface area contributed by atoms with Crippen molar-refractivity contribution in [3.63, 3.8) is 0 Å². The Balaban J connectivity index is 1.26. The average molecular weight is 417 g/mol. The zero-order valence-corrected chi connectivity index (χ0v) is 17.3. The number of hydrogen-bond acceptors (Lipinski definition) is 5. The summed E-state index contributed by atoms with van der Waals surface area (Å²) >= 11 is 1.62. The molecule has 29 heavy (non-hydrogen) atoms. The number of benzene rings is 1. The Kier molecular flexibility index (Phi) is 6.40. The van der Waals surface area contributed by atoms with Crippen molar-refractivity contribution in [2.45, 2.75) is 43.6 Å². The molecule has 4 amide bonds. The number of fused-ring (bicyclic) bond motifs is 1. The highest BCUT2D eigenvalue weighted by molar-refractivity contribution is 7.99. The minimum atomic E-state index is -0.297. The number of nitrogens with zero attached hydrogens (tertiary/aromatic N) is 2. The predicted octanol–water partition coefficient (Wildman–Crippen LogP) is 1.79. The molecule has 3 heterocycles. The lowest BCUT2D eigenvalue weighted by molar-refractivity contribution is -0.140. The molecule has 156 valence electrons. The van der Waals surface area contributed by atoms with Gasteiger partial charge in [0.1, 0.15) is 0 Å². The van der Waals surface area contributed by atoms with E-state index < -0.39 is 0 Å². The van der Waals surface area contributed by atoms with Gasteiger partial charge in [-0.05, 0) is 37.8 Å². The van der Waals surface area contributed by atoms with Crippen molar-refractivity contribution in [2.24, 2.45) is 5.92 Å². The SMILES string of the molecule is O=C(CSCc1ccccc1)N1CCC(N2C(=O)NC3NCCCC3C2=O)CC1. The molecule has 3 saturated heterocycles. The Bertz CT molecular complexity index is 752. The molecular weight excluding hydrogens is 388 g/mol. The van der Waals surface area contributed by atoms with E-state index in [0.717, 1.165) is 25.1 Å². The topological polar surface area (TPSA) is 81.8 Å². The molecule has 3 fully saturated rings. The zero-order valence-electron chi connectivity index (χ0n) is 16.5. The van der Waals surface area contributed by atoms with E-state index >= 15 is 0 Å². The summed E-state index contributed by atoms with van der Waals surface area (Å²) in [6.45, 7) is 2.02. The first-order chi connectivity index (χ1) is 14.1. The molecule has 1 aromatic carbocycles. The van der Waals surface area contributed by atoms with Crippen LogP contribution in [0.1, 0.15) is 31.2 Å². The summed E-state index contributed by atoms with van der Waals surface area (Å²) in [4.78, 5) is 41.2. The molecule has 3 aliphatic rings. The number of likely N-dealkylation sites (tertiary alicyclic amines) is 1. The average Bonchev–Trinajstić information content (AvgIpc) is 2.75. The lowest BCUT2D eigenvalue weighted by Gasteiger charge is -2.45. The van der Waals surface area contributed by atoms with Crippen LogP contribution in [0.5, 0.6) is 0 Å². The fourth-order valence-electron chi connectivity index (χ4n) is 4.43. The first-order valence-corrected chi connectivity index (χ1v) is 11.6. The van der Waals surface area contributed by atoms with Crippen molar-refractivity contribution in [2.75, 3.05) is 25.4 Å². The molecular formula is C21H28N4O3S. The van der Waals surface area contributed by atoms with Gasteiger partial charge in [-0.15, -0.1) is 11.8 Å². The summed E-state index contributed by atoms with van der Waals surface area (Å²) in [6, 6.07) is 9.71. The highest BCUT2D eigenvalue weighted by Crippen LogP contribution is 2.27. The largest absolute Gasteiger partial charge is 0.342 e. The number of imide groups is 1. The standard InChI is InChI=1S/C21H28N4O3S/c26-18(14-29-13-15-5-2-1-3-6-15)24-11-8-16(9-12-24)25-20(27)17-7-4-10-22-19(17)23-21(25)28/h1-3,5-6,16-17,19,22H,4,7-14H2,(H,23,28). The van der Waals surface area contributed by atoms with Crippen molar-refractivity contribution in [1.29, 1.82) is 0 Å². The zero-order chi connectivity index (χ0) is 20.2. The summed E-state index contributed by atoms with van der Waals surface area (Å²) in [5.74, 6) is 1.18. The van der Waals surface area contributed by atoms with E-state index in [4.69, 9.17) is 0 Å². The van der Waals surface area contributed by atoms with Crippen molar-refractivity contribution in [1.82, 2.24) is 20.4 Å². The maximum atomic E-state index is 12.9.